The van der Waals surface area contributed by atoms with Crippen LogP contribution in [0.4, 0.5) is 0 Å². The van der Waals surface area contributed by atoms with Crippen molar-refractivity contribution in [3.05, 3.63) is 176 Å². The minimum atomic E-state index is -0.341. The van der Waals surface area contributed by atoms with Crippen molar-refractivity contribution in [3.63, 3.8) is 0 Å². The van der Waals surface area contributed by atoms with Crippen LogP contribution in [-0.4, -0.2) is 0 Å². The number of nitrogens with zero attached hydrogens (tertiary/aromatic N) is 6. The van der Waals surface area contributed by atoms with Gasteiger partial charge in [0.1, 0.15) is 0 Å². The Bertz CT molecular complexity index is 2390. The number of benzene rings is 6. The molecule has 0 aromatic heterocycles. The van der Waals surface area contributed by atoms with Crippen LogP contribution in [0.15, 0.2) is 109 Å². The number of hydrogen-bond donors (Lipinski definition) is 0. The molecule has 0 heterocycles. The Kier molecular flexibility index (Phi) is 6.82. The van der Waals surface area contributed by atoms with Crippen molar-refractivity contribution in [1.82, 2.24) is 0 Å². The standard InChI is InChI=1S/C44H20N6/c45-19-25-1-7-28(8-2-25)34-16-40-37(13-31(34)22-48)43-38-14-32(23-49)35(29-9-3-26(20-46)4-10-29)17-41(38)44(40)42-18-36(33(24-50)15-39(42)43)30-11-5-27(21-47)6-12-30/h1-18,43-44H. The summed E-state index contributed by atoms with van der Waals surface area (Å²) in [6.07, 6.45) is 0. The van der Waals surface area contributed by atoms with Crippen molar-refractivity contribution < 1.29 is 0 Å². The van der Waals surface area contributed by atoms with Crippen molar-refractivity contribution in [2.45, 2.75) is 11.8 Å². The molecule has 0 unspecified atom stereocenters. The zero-order valence-electron chi connectivity index (χ0n) is 26.2. The fraction of sp³-hybridized carbons (Fsp3) is 0.0455. The number of hydrogen-bond acceptors (Lipinski definition) is 6. The summed E-state index contributed by atoms with van der Waals surface area (Å²) in [6.45, 7) is 0. The summed E-state index contributed by atoms with van der Waals surface area (Å²) >= 11 is 0. The Labute approximate surface area is 288 Å². The fourth-order valence-corrected chi connectivity index (χ4v) is 7.57. The highest BCUT2D eigenvalue weighted by molar-refractivity contribution is 5.83. The molecule has 9 rings (SSSR count). The van der Waals surface area contributed by atoms with Crippen LogP contribution in [0, 0.1) is 68.0 Å². The van der Waals surface area contributed by atoms with E-state index in [0.717, 1.165) is 66.8 Å². The van der Waals surface area contributed by atoms with Crippen LogP contribution in [0.2, 0.25) is 0 Å². The molecule has 0 radical (unpaired) electrons. The van der Waals surface area contributed by atoms with Crippen molar-refractivity contribution in [2.75, 3.05) is 0 Å². The molecule has 0 amide bonds. The van der Waals surface area contributed by atoms with E-state index in [2.05, 4.69) is 54.6 Å². The van der Waals surface area contributed by atoms with E-state index in [1.807, 2.05) is 54.6 Å². The zero-order chi connectivity index (χ0) is 34.5. The topological polar surface area (TPSA) is 143 Å². The molecule has 50 heavy (non-hydrogen) atoms. The van der Waals surface area contributed by atoms with Gasteiger partial charge < -0.3 is 0 Å². The maximum atomic E-state index is 10.4. The number of rotatable bonds is 3. The highest BCUT2D eigenvalue weighted by atomic mass is 14.5. The molecule has 3 aliphatic rings. The van der Waals surface area contributed by atoms with Gasteiger partial charge in [-0.2, -0.15) is 31.6 Å². The lowest BCUT2D eigenvalue weighted by molar-refractivity contribution is 0.754. The van der Waals surface area contributed by atoms with Crippen molar-refractivity contribution >= 4 is 0 Å². The largest absolute Gasteiger partial charge is 0.192 e. The third-order valence-electron chi connectivity index (χ3n) is 9.87. The van der Waals surface area contributed by atoms with Crippen molar-refractivity contribution in [3.8, 4) is 69.8 Å². The molecule has 0 atom stereocenters. The minimum absolute atomic E-state index is 0.292. The Morgan fingerprint density at radius 1 is 0.300 bits per heavy atom. The minimum Gasteiger partial charge on any atom is -0.192 e. The first kappa shape index (κ1) is 29.6. The van der Waals surface area contributed by atoms with Crippen LogP contribution in [0.1, 0.15) is 78.6 Å². The van der Waals surface area contributed by atoms with Gasteiger partial charge in [-0.05, 0) is 140 Å². The lowest BCUT2D eigenvalue weighted by Crippen LogP contribution is -2.28. The van der Waals surface area contributed by atoms with Gasteiger partial charge in [-0.1, -0.05) is 36.4 Å². The lowest BCUT2D eigenvalue weighted by atomic mass is 9.59. The number of nitriles is 6. The zero-order valence-corrected chi connectivity index (χ0v) is 26.2. The molecular weight excluding hydrogens is 613 g/mol. The second kappa shape index (κ2) is 11.5. The van der Waals surface area contributed by atoms with Crippen LogP contribution in [0.25, 0.3) is 33.4 Å². The van der Waals surface area contributed by atoms with E-state index in [-0.39, 0.29) is 11.8 Å². The highest BCUT2D eigenvalue weighted by Crippen LogP contribution is 2.58. The molecule has 2 bridgehead atoms. The molecule has 0 saturated carbocycles. The van der Waals surface area contributed by atoms with Crippen molar-refractivity contribution in [1.29, 1.82) is 31.6 Å². The lowest BCUT2D eigenvalue weighted by Gasteiger charge is -2.43. The van der Waals surface area contributed by atoms with E-state index in [1.165, 1.54) is 0 Å². The molecule has 6 nitrogen and oxygen atoms in total. The van der Waals surface area contributed by atoms with E-state index in [4.69, 9.17) is 0 Å². The molecule has 6 aromatic carbocycles. The second-order valence-corrected chi connectivity index (χ2v) is 12.3. The summed E-state index contributed by atoms with van der Waals surface area (Å²) in [4.78, 5) is 0. The molecule has 0 saturated heterocycles. The van der Waals surface area contributed by atoms with Gasteiger partial charge in [0.15, 0.2) is 0 Å². The molecule has 0 spiro atoms. The average molecular weight is 633 g/mol. The third kappa shape index (κ3) is 4.44. The quantitative estimate of drug-likeness (QED) is 0.190. The van der Waals surface area contributed by atoms with E-state index >= 15 is 0 Å². The molecule has 0 aliphatic heterocycles. The summed E-state index contributed by atoms with van der Waals surface area (Å²) in [7, 11) is 0. The van der Waals surface area contributed by atoms with Gasteiger partial charge in [-0.15, -0.1) is 0 Å². The summed E-state index contributed by atoms with van der Waals surface area (Å²) in [6, 6.07) is 47.3. The SMILES string of the molecule is N#Cc1ccc(-c2cc3c(cc2C#N)C2c4cc(C#N)c(-c5ccc(C#N)cc5)cc4C3c3cc(-c4ccc(C#N)cc4)c(C#N)cc32)cc1. The maximum Gasteiger partial charge on any atom is 0.0998 e. The summed E-state index contributed by atoms with van der Waals surface area (Å²) in [5, 5.41) is 59.3. The highest BCUT2D eigenvalue weighted by Gasteiger charge is 2.43. The van der Waals surface area contributed by atoms with Gasteiger partial charge in [-0.3, -0.25) is 0 Å². The second-order valence-electron chi connectivity index (χ2n) is 12.3. The Balaban J connectivity index is 1.41. The molecule has 6 heteroatoms. The molecule has 3 aliphatic carbocycles. The van der Waals surface area contributed by atoms with Crippen LogP contribution in [0.5, 0.6) is 0 Å². The van der Waals surface area contributed by atoms with Crippen LogP contribution < -0.4 is 0 Å². The normalized spacial score (nSPS) is 14.3. The van der Waals surface area contributed by atoms with Gasteiger partial charge in [0, 0.05) is 11.8 Å². The van der Waals surface area contributed by atoms with Crippen LogP contribution in [0.3, 0.4) is 0 Å². The van der Waals surface area contributed by atoms with Gasteiger partial charge in [-0.25, -0.2) is 0 Å². The molecule has 0 fully saturated rings. The van der Waals surface area contributed by atoms with Gasteiger partial charge in [0.25, 0.3) is 0 Å². The molecule has 6 aromatic rings. The predicted octanol–water partition coefficient (Wildman–Crippen LogP) is 8.90. The smallest absolute Gasteiger partial charge is 0.0998 e. The Morgan fingerprint density at radius 2 is 0.540 bits per heavy atom. The summed E-state index contributed by atoms with van der Waals surface area (Å²) in [5.41, 5.74) is 13.7. The van der Waals surface area contributed by atoms with Gasteiger partial charge in [0.05, 0.1) is 69.8 Å². The summed E-state index contributed by atoms with van der Waals surface area (Å²) < 4.78 is 0. The van der Waals surface area contributed by atoms with Gasteiger partial charge >= 0.3 is 0 Å². The average Bonchev–Trinajstić information content (AvgIpc) is 3.19. The predicted molar refractivity (Wildman–Crippen MR) is 186 cm³/mol. The molecule has 226 valence electrons. The van der Waals surface area contributed by atoms with E-state index < -0.39 is 0 Å². The first-order chi connectivity index (χ1) is 24.5. The van der Waals surface area contributed by atoms with Crippen LogP contribution >= 0.6 is 0 Å². The third-order valence-corrected chi connectivity index (χ3v) is 9.87. The van der Waals surface area contributed by atoms with E-state index in [0.29, 0.717) is 33.4 Å². The Hall–Kier alpha value is -7.74. The molecule has 0 N–H and O–H groups in total. The van der Waals surface area contributed by atoms with E-state index in [1.54, 1.807) is 36.4 Å². The molecular formula is C44H20N6. The maximum absolute atomic E-state index is 10.4. The monoisotopic (exact) mass is 632 g/mol. The van der Waals surface area contributed by atoms with E-state index in [9.17, 15) is 31.6 Å². The Morgan fingerprint density at radius 3 is 0.760 bits per heavy atom. The van der Waals surface area contributed by atoms with Gasteiger partial charge in [0.2, 0.25) is 0 Å². The first-order valence-corrected chi connectivity index (χ1v) is 15.8. The summed E-state index contributed by atoms with van der Waals surface area (Å²) in [5.74, 6) is -0.633. The van der Waals surface area contributed by atoms with Crippen LogP contribution in [-0.2, 0) is 0 Å². The van der Waals surface area contributed by atoms with Crippen molar-refractivity contribution in [2.24, 2.45) is 0 Å². The first-order valence-electron chi connectivity index (χ1n) is 15.8. The fourth-order valence-electron chi connectivity index (χ4n) is 7.57.